The Labute approximate surface area is 72.9 Å². The summed E-state index contributed by atoms with van der Waals surface area (Å²) in [6.45, 7) is 2.73. The van der Waals surface area contributed by atoms with Crippen LogP contribution in [0.25, 0.3) is 0 Å². The fraction of sp³-hybridized carbons (Fsp3) is 0.750. The Morgan fingerprint density at radius 1 is 1.75 bits per heavy atom. The molecule has 4 nitrogen and oxygen atoms in total. The molecular formula is C8H14N4. The second-order valence-corrected chi connectivity index (χ2v) is 2.82. The summed E-state index contributed by atoms with van der Waals surface area (Å²) < 4.78 is 0. The van der Waals surface area contributed by atoms with Gasteiger partial charge in [-0.2, -0.15) is 5.26 Å². The van der Waals surface area contributed by atoms with Crippen molar-refractivity contribution in [2.75, 3.05) is 26.7 Å². The first-order chi connectivity index (χ1) is 5.84. The molecule has 1 aliphatic heterocycles. The first kappa shape index (κ1) is 8.85. The van der Waals surface area contributed by atoms with Crippen molar-refractivity contribution < 1.29 is 0 Å². The maximum Gasteiger partial charge on any atom is 0.193 e. The molecule has 1 aliphatic rings. The molecule has 0 atom stereocenters. The van der Waals surface area contributed by atoms with Crippen LogP contribution in [0.2, 0.25) is 0 Å². The van der Waals surface area contributed by atoms with Gasteiger partial charge in [0.1, 0.15) is 0 Å². The average molecular weight is 166 g/mol. The number of aliphatic imine (C=N–C) groups is 1. The zero-order valence-electron chi connectivity index (χ0n) is 7.38. The first-order valence-electron chi connectivity index (χ1n) is 4.21. The van der Waals surface area contributed by atoms with Crippen LogP contribution in [0.4, 0.5) is 0 Å². The van der Waals surface area contributed by atoms with Crippen molar-refractivity contribution in [2.45, 2.75) is 12.8 Å². The minimum absolute atomic E-state index is 0.615. The lowest BCUT2D eigenvalue weighted by Gasteiger charge is -2.14. The molecule has 66 valence electrons. The Bertz CT molecular complexity index is 204. The highest BCUT2D eigenvalue weighted by atomic mass is 15.3. The predicted molar refractivity (Wildman–Crippen MR) is 47.8 cm³/mol. The molecule has 0 bridgehead atoms. The fourth-order valence-corrected chi connectivity index (χ4v) is 1.09. The van der Waals surface area contributed by atoms with Crippen molar-refractivity contribution in [2.24, 2.45) is 4.99 Å². The number of guanidine groups is 1. The molecule has 0 aliphatic carbocycles. The van der Waals surface area contributed by atoms with E-state index in [0.717, 1.165) is 32.0 Å². The molecule has 0 saturated carbocycles. The lowest BCUT2D eigenvalue weighted by Crippen LogP contribution is -2.35. The Morgan fingerprint density at radius 2 is 2.58 bits per heavy atom. The molecule has 1 heterocycles. The van der Waals surface area contributed by atoms with E-state index in [-0.39, 0.29) is 0 Å². The van der Waals surface area contributed by atoms with E-state index in [0.29, 0.717) is 6.42 Å². The highest BCUT2D eigenvalue weighted by molar-refractivity contribution is 5.81. The number of nitrogens with zero attached hydrogens (tertiary/aromatic N) is 3. The van der Waals surface area contributed by atoms with E-state index in [1.54, 1.807) is 0 Å². The Kier molecular flexibility index (Phi) is 3.39. The number of rotatable bonds is 3. The number of nitrogens with one attached hydrogen (secondary N) is 1. The third-order valence-electron chi connectivity index (χ3n) is 1.81. The Morgan fingerprint density at radius 3 is 3.17 bits per heavy atom. The highest BCUT2D eigenvalue weighted by Crippen LogP contribution is 1.95. The van der Waals surface area contributed by atoms with Crippen LogP contribution in [0.5, 0.6) is 0 Å². The van der Waals surface area contributed by atoms with Crippen molar-refractivity contribution in [3.05, 3.63) is 0 Å². The maximum atomic E-state index is 8.29. The van der Waals surface area contributed by atoms with E-state index >= 15 is 0 Å². The van der Waals surface area contributed by atoms with Gasteiger partial charge in [0.2, 0.25) is 0 Å². The summed E-state index contributed by atoms with van der Waals surface area (Å²) in [5.41, 5.74) is 0. The SMILES string of the molecule is CN1CCN=C1NCCCC#N. The van der Waals surface area contributed by atoms with Gasteiger partial charge in [0, 0.05) is 26.6 Å². The summed E-state index contributed by atoms with van der Waals surface area (Å²) in [5.74, 6) is 0.966. The monoisotopic (exact) mass is 166 g/mol. The van der Waals surface area contributed by atoms with Crippen molar-refractivity contribution in [1.29, 1.82) is 5.26 Å². The van der Waals surface area contributed by atoms with Crippen LogP contribution in [0, 0.1) is 11.3 Å². The van der Waals surface area contributed by atoms with Gasteiger partial charge in [0.15, 0.2) is 5.96 Å². The zero-order chi connectivity index (χ0) is 8.81. The van der Waals surface area contributed by atoms with Crippen LogP contribution >= 0.6 is 0 Å². The Balaban J connectivity index is 2.11. The molecule has 0 fully saturated rings. The van der Waals surface area contributed by atoms with Gasteiger partial charge >= 0.3 is 0 Å². The molecule has 0 spiro atoms. The molecular weight excluding hydrogens is 152 g/mol. The van der Waals surface area contributed by atoms with Gasteiger partial charge in [-0.1, -0.05) is 0 Å². The molecule has 12 heavy (non-hydrogen) atoms. The van der Waals surface area contributed by atoms with E-state index in [9.17, 15) is 0 Å². The van der Waals surface area contributed by atoms with Crippen molar-refractivity contribution >= 4 is 5.96 Å². The first-order valence-corrected chi connectivity index (χ1v) is 4.21. The van der Waals surface area contributed by atoms with Crippen LogP contribution in [0.3, 0.4) is 0 Å². The van der Waals surface area contributed by atoms with Crippen molar-refractivity contribution in [1.82, 2.24) is 10.2 Å². The molecule has 0 radical (unpaired) electrons. The second-order valence-electron chi connectivity index (χ2n) is 2.82. The van der Waals surface area contributed by atoms with Gasteiger partial charge in [-0.25, -0.2) is 0 Å². The van der Waals surface area contributed by atoms with E-state index in [2.05, 4.69) is 21.3 Å². The van der Waals surface area contributed by atoms with Gasteiger partial charge in [-0.3, -0.25) is 4.99 Å². The quantitative estimate of drug-likeness (QED) is 0.608. The smallest absolute Gasteiger partial charge is 0.193 e. The van der Waals surface area contributed by atoms with E-state index in [1.807, 2.05) is 7.05 Å². The van der Waals surface area contributed by atoms with Crippen LogP contribution in [0.1, 0.15) is 12.8 Å². The number of likely N-dealkylation sites (N-methyl/N-ethyl adjacent to an activating group) is 1. The lowest BCUT2D eigenvalue weighted by atomic mass is 10.3. The lowest BCUT2D eigenvalue weighted by molar-refractivity contribution is 0.533. The molecule has 0 aromatic rings. The summed E-state index contributed by atoms with van der Waals surface area (Å²) in [4.78, 5) is 6.35. The molecule has 1 rings (SSSR count). The summed E-state index contributed by atoms with van der Waals surface area (Å²) in [6, 6.07) is 2.11. The molecule has 1 N–H and O–H groups in total. The fourth-order valence-electron chi connectivity index (χ4n) is 1.09. The van der Waals surface area contributed by atoms with Crippen molar-refractivity contribution in [3.8, 4) is 6.07 Å². The standard InChI is InChI=1S/C8H14N4/c1-12-7-6-11-8(12)10-5-3-2-4-9/h2-3,5-7H2,1H3,(H,10,11). The minimum Gasteiger partial charge on any atom is -0.356 e. The number of hydrogen-bond donors (Lipinski definition) is 1. The predicted octanol–water partition coefficient (Wildman–Crippen LogP) is 0.181. The molecule has 0 saturated heterocycles. The van der Waals surface area contributed by atoms with Crippen LogP contribution in [-0.4, -0.2) is 37.5 Å². The third kappa shape index (κ3) is 2.42. The maximum absolute atomic E-state index is 8.29. The second kappa shape index (κ2) is 4.60. The van der Waals surface area contributed by atoms with E-state index < -0.39 is 0 Å². The summed E-state index contributed by atoms with van der Waals surface area (Å²) in [7, 11) is 2.02. The van der Waals surface area contributed by atoms with Crippen LogP contribution < -0.4 is 5.32 Å². The zero-order valence-corrected chi connectivity index (χ0v) is 7.38. The van der Waals surface area contributed by atoms with Gasteiger partial charge < -0.3 is 10.2 Å². The van der Waals surface area contributed by atoms with Crippen LogP contribution in [-0.2, 0) is 0 Å². The largest absolute Gasteiger partial charge is 0.356 e. The molecule has 0 unspecified atom stereocenters. The van der Waals surface area contributed by atoms with Crippen LogP contribution in [0.15, 0.2) is 4.99 Å². The molecule has 0 aromatic heterocycles. The van der Waals surface area contributed by atoms with Gasteiger partial charge in [-0.15, -0.1) is 0 Å². The average Bonchev–Trinajstić information content (AvgIpc) is 2.46. The van der Waals surface area contributed by atoms with Gasteiger partial charge in [0.05, 0.1) is 12.6 Å². The Hall–Kier alpha value is -1.24. The number of nitriles is 1. The summed E-state index contributed by atoms with van der Waals surface area (Å²) in [6.07, 6.45) is 1.51. The summed E-state index contributed by atoms with van der Waals surface area (Å²) in [5, 5.41) is 11.5. The third-order valence-corrected chi connectivity index (χ3v) is 1.81. The normalized spacial score (nSPS) is 15.7. The van der Waals surface area contributed by atoms with E-state index in [1.165, 1.54) is 0 Å². The van der Waals surface area contributed by atoms with Crippen molar-refractivity contribution in [3.63, 3.8) is 0 Å². The van der Waals surface area contributed by atoms with E-state index in [4.69, 9.17) is 5.26 Å². The minimum atomic E-state index is 0.615. The molecule has 0 amide bonds. The van der Waals surface area contributed by atoms with Gasteiger partial charge in [-0.05, 0) is 6.42 Å². The topological polar surface area (TPSA) is 51.4 Å². The number of unbranched alkanes of at least 4 members (excludes halogenated alkanes) is 1. The highest BCUT2D eigenvalue weighted by Gasteiger charge is 2.10. The van der Waals surface area contributed by atoms with Gasteiger partial charge in [0.25, 0.3) is 0 Å². The summed E-state index contributed by atoms with van der Waals surface area (Å²) >= 11 is 0. The number of hydrogen-bond acceptors (Lipinski definition) is 4. The molecule has 0 aromatic carbocycles. The molecule has 4 heteroatoms.